The third kappa shape index (κ3) is 1.49. The average molecular weight is 140 g/mol. The second-order valence-electron chi connectivity index (χ2n) is 2.73. The highest BCUT2D eigenvalue weighted by Gasteiger charge is 2.13. The van der Waals surface area contributed by atoms with E-state index in [-0.39, 0.29) is 0 Å². The molecule has 0 aromatic rings. The Bertz CT molecular complexity index is 116. The van der Waals surface area contributed by atoms with Crippen LogP contribution in [-0.4, -0.2) is 30.4 Å². The number of nitrogens with zero attached hydrogens (tertiary/aromatic N) is 2. The van der Waals surface area contributed by atoms with Gasteiger partial charge in [0.1, 0.15) is 0 Å². The number of hydrogen-bond donors (Lipinski definition) is 0. The molecule has 1 aliphatic heterocycles. The van der Waals surface area contributed by atoms with Crippen LogP contribution in [0.15, 0.2) is 4.99 Å². The summed E-state index contributed by atoms with van der Waals surface area (Å²) in [5.74, 6) is 0. The SMILES string of the molecule is CCC(CC)N1C=NCC1. The van der Waals surface area contributed by atoms with Gasteiger partial charge in [-0.3, -0.25) is 4.99 Å². The second-order valence-corrected chi connectivity index (χ2v) is 2.73. The van der Waals surface area contributed by atoms with E-state index in [0.29, 0.717) is 0 Å². The molecular weight excluding hydrogens is 124 g/mol. The largest absolute Gasteiger partial charge is 0.358 e. The van der Waals surface area contributed by atoms with Crippen molar-refractivity contribution >= 4 is 6.34 Å². The molecule has 0 bridgehead atoms. The van der Waals surface area contributed by atoms with Crippen LogP contribution in [0.2, 0.25) is 0 Å². The van der Waals surface area contributed by atoms with Crippen molar-refractivity contribution in [3.05, 3.63) is 0 Å². The van der Waals surface area contributed by atoms with Gasteiger partial charge in [-0.2, -0.15) is 0 Å². The maximum Gasteiger partial charge on any atom is 0.0853 e. The zero-order valence-electron chi connectivity index (χ0n) is 6.88. The van der Waals surface area contributed by atoms with E-state index < -0.39 is 0 Å². The molecule has 0 aromatic carbocycles. The highest BCUT2D eigenvalue weighted by Crippen LogP contribution is 2.08. The minimum Gasteiger partial charge on any atom is -0.358 e. The maximum absolute atomic E-state index is 4.18. The molecule has 0 aromatic heterocycles. The standard InChI is InChI=1S/C8H16N2/c1-3-8(4-2)10-6-5-9-7-10/h7-8H,3-6H2,1-2H3. The van der Waals surface area contributed by atoms with Gasteiger partial charge in [0.25, 0.3) is 0 Å². The fourth-order valence-electron chi connectivity index (χ4n) is 1.43. The van der Waals surface area contributed by atoms with E-state index >= 15 is 0 Å². The molecule has 1 heterocycles. The lowest BCUT2D eigenvalue weighted by Gasteiger charge is -2.23. The molecule has 0 unspecified atom stereocenters. The van der Waals surface area contributed by atoms with Gasteiger partial charge in [0.2, 0.25) is 0 Å². The van der Waals surface area contributed by atoms with Gasteiger partial charge in [-0.05, 0) is 12.8 Å². The molecule has 2 nitrogen and oxygen atoms in total. The molecule has 58 valence electrons. The Morgan fingerprint density at radius 1 is 1.50 bits per heavy atom. The Balaban J connectivity index is 2.37. The number of rotatable bonds is 3. The van der Waals surface area contributed by atoms with E-state index in [9.17, 15) is 0 Å². The predicted molar refractivity (Wildman–Crippen MR) is 44.4 cm³/mol. The van der Waals surface area contributed by atoms with Crippen molar-refractivity contribution in [1.29, 1.82) is 0 Å². The highest BCUT2D eigenvalue weighted by atomic mass is 15.2. The van der Waals surface area contributed by atoms with Crippen molar-refractivity contribution in [3.63, 3.8) is 0 Å². The average Bonchev–Trinajstić information content (AvgIpc) is 2.43. The normalized spacial score (nSPS) is 17.3. The summed E-state index contributed by atoms with van der Waals surface area (Å²) in [6, 6.07) is 0.728. The third-order valence-corrected chi connectivity index (χ3v) is 2.13. The monoisotopic (exact) mass is 140 g/mol. The molecular formula is C8H16N2. The molecule has 0 fully saturated rings. The number of hydrogen-bond acceptors (Lipinski definition) is 2. The molecule has 1 rings (SSSR count). The van der Waals surface area contributed by atoms with Crippen molar-refractivity contribution in [2.45, 2.75) is 32.7 Å². The summed E-state index contributed by atoms with van der Waals surface area (Å²) in [7, 11) is 0. The molecule has 0 saturated heterocycles. The van der Waals surface area contributed by atoms with Crippen molar-refractivity contribution in [2.75, 3.05) is 13.1 Å². The minimum atomic E-state index is 0.728. The molecule has 0 amide bonds. The van der Waals surface area contributed by atoms with Crippen LogP contribution in [-0.2, 0) is 0 Å². The summed E-state index contributed by atoms with van der Waals surface area (Å²) in [4.78, 5) is 6.53. The Kier molecular flexibility index (Phi) is 2.72. The summed E-state index contributed by atoms with van der Waals surface area (Å²) in [6.07, 6.45) is 4.47. The van der Waals surface area contributed by atoms with Gasteiger partial charge in [-0.25, -0.2) is 0 Å². The molecule has 0 saturated carbocycles. The fraction of sp³-hybridized carbons (Fsp3) is 0.875. The van der Waals surface area contributed by atoms with E-state index in [1.54, 1.807) is 0 Å². The summed E-state index contributed by atoms with van der Waals surface area (Å²) in [6.45, 7) is 6.60. The molecule has 0 N–H and O–H groups in total. The van der Waals surface area contributed by atoms with Gasteiger partial charge in [0, 0.05) is 12.6 Å². The van der Waals surface area contributed by atoms with Crippen molar-refractivity contribution < 1.29 is 0 Å². The van der Waals surface area contributed by atoms with Crippen molar-refractivity contribution in [2.24, 2.45) is 4.99 Å². The van der Waals surface area contributed by atoms with E-state index in [0.717, 1.165) is 19.1 Å². The van der Waals surface area contributed by atoms with E-state index in [1.807, 2.05) is 6.34 Å². The van der Waals surface area contributed by atoms with Gasteiger partial charge in [-0.1, -0.05) is 13.8 Å². The maximum atomic E-state index is 4.18. The van der Waals surface area contributed by atoms with Crippen LogP contribution < -0.4 is 0 Å². The van der Waals surface area contributed by atoms with Gasteiger partial charge in [-0.15, -0.1) is 0 Å². The first-order valence-corrected chi connectivity index (χ1v) is 4.14. The van der Waals surface area contributed by atoms with Gasteiger partial charge in [0.05, 0.1) is 12.9 Å². The van der Waals surface area contributed by atoms with E-state index in [4.69, 9.17) is 0 Å². The van der Waals surface area contributed by atoms with Gasteiger partial charge in [0.15, 0.2) is 0 Å². The fourth-order valence-corrected chi connectivity index (χ4v) is 1.43. The van der Waals surface area contributed by atoms with E-state index in [2.05, 4.69) is 23.7 Å². The van der Waals surface area contributed by atoms with Crippen LogP contribution in [0, 0.1) is 0 Å². The van der Waals surface area contributed by atoms with Gasteiger partial charge >= 0.3 is 0 Å². The Labute approximate surface area is 62.9 Å². The molecule has 0 aliphatic carbocycles. The smallest absolute Gasteiger partial charge is 0.0853 e. The summed E-state index contributed by atoms with van der Waals surface area (Å²) in [5, 5.41) is 0. The third-order valence-electron chi connectivity index (χ3n) is 2.13. The Hall–Kier alpha value is -0.530. The minimum absolute atomic E-state index is 0.728. The molecule has 10 heavy (non-hydrogen) atoms. The Morgan fingerprint density at radius 3 is 2.60 bits per heavy atom. The molecule has 0 radical (unpaired) electrons. The summed E-state index contributed by atoms with van der Waals surface area (Å²) >= 11 is 0. The van der Waals surface area contributed by atoms with Crippen LogP contribution >= 0.6 is 0 Å². The summed E-state index contributed by atoms with van der Waals surface area (Å²) in [5.41, 5.74) is 0. The van der Waals surface area contributed by atoms with E-state index in [1.165, 1.54) is 12.8 Å². The molecule has 1 aliphatic rings. The zero-order valence-corrected chi connectivity index (χ0v) is 6.88. The first kappa shape index (κ1) is 7.58. The predicted octanol–water partition coefficient (Wildman–Crippen LogP) is 1.52. The topological polar surface area (TPSA) is 15.6 Å². The highest BCUT2D eigenvalue weighted by molar-refractivity contribution is 5.57. The van der Waals surface area contributed by atoms with Crippen LogP contribution in [0.25, 0.3) is 0 Å². The first-order chi connectivity index (χ1) is 4.88. The lowest BCUT2D eigenvalue weighted by molar-refractivity contribution is 0.325. The van der Waals surface area contributed by atoms with Crippen molar-refractivity contribution in [1.82, 2.24) is 4.90 Å². The van der Waals surface area contributed by atoms with Crippen LogP contribution in [0.1, 0.15) is 26.7 Å². The first-order valence-electron chi connectivity index (χ1n) is 4.14. The van der Waals surface area contributed by atoms with Crippen LogP contribution in [0.4, 0.5) is 0 Å². The van der Waals surface area contributed by atoms with Crippen LogP contribution in [0.3, 0.4) is 0 Å². The van der Waals surface area contributed by atoms with Crippen molar-refractivity contribution in [3.8, 4) is 0 Å². The zero-order chi connectivity index (χ0) is 7.40. The summed E-state index contributed by atoms with van der Waals surface area (Å²) < 4.78 is 0. The molecule has 0 atom stereocenters. The van der Waals surface area contributed by atoms with Gasteiger partial charge < -0.3 is 4.90 Å². The second kappa shape index (κ2) is 3.59. The lowest BCUT2D eigenvalue weighted by Crippen LogP contribution is -2.31. The van der Waals surface area contributed by atoms with Crippen LogP contribution in [0.5, 0.6) is 0 Å². The molecule has 2 heteroatoms. The number of aliphatic imine (C=N–C) groups is 1. The molecule has 0 spiro atoms. The lowest BCUT2D eigenvalue weighted by atomic mass is 10.1. The quantitative estimate of drug-likeness (QED) is 0.580. The Morgan fingerprint density at radius 2 is 2.20 bits per heavy atom.